The van der Waals surface area contributed by atoms with Gasteiger partial charge < -0.3 is 14.7 Å². The largest absolute Gasteiger partial charge is 0.394 e. The van der Waals surface area contributed by atoms with E-state index in [9.17, 15) is 0 Å². The van der Waals surface area contributed by atoms with E-state index >= 15 is 0 Å². The van der Waals surface area contributed by atoms with Gasteiger partial charge in [-0.3, -0.25) is 0 Å². The van der Waals surface area contributed by atoms with Gasteiger partial charge in [0.1, 0.15) is 0 Å². The lowest BCUT2D eigenvalue weighted by Crippen LogP contribution is -2.46. The zero-order valence-electron chi connectivity index (χ0n) is 7.12. The van der Waals surface area contributed by atoms with Gasteiger partial charge in [-0.1, -0.05) is 6.92 Å². The SMILES string of the molecule is CC1CN(CCOCCO)C1. The van der Waals surface area contributed by atoms with Crippen molar-refractivity contribution < 1.29 is 9.84 Å². The van der Waals surface area contributed by atoms with Crippen LogP contribution in [0, 0.1) is 5.92 Å². The highest BCUT2D eigenvalue weighted by atomic mass is 16.5. The van der Waals surface area contributed by atoms with Gasteiger partial charge in [0.15, 0.2) is 0 Å². The molecule has 0 amide bonds. The molecule has 3 nitrogen and oxygen atoms in total. The summed E-state index contributed by atoms with van der Waals surface area (Å²) in [6.45, 7) is 7.06. The molecule has 1 N–H and O–H groups in total. The van der Waals surface area contributed by atoms with Gasteiger partial charge in [-0.2, -0.15) is 0 Å². The summed E-state index contributed by atoms with van der Waals surface area (Å²) in [5.41, 5.74) is 0. The molecule has 1 fully saturated rings. The van der Waals surface area contributed by atoms with E-state index in [1.165, 1.54) is 13.1 Å². The van der Waals surface area contributed by atoms with Crippen LogP contribution in [0.4, 0.5) is 0 Å². The Morgan fingerprint density at radius 3 is 2.73 bits per heavy atom. The fraction of sp³-hybridized carbons (Fsp3) is 1.00. The summed E-state index contributed by atoms with van der Waals surface area (Å²) in [5, 5.41) is 8.41. The van der Waals surface area contributed by atoms with Crippen molar-refractivity contribution in [2.45, 2.75) is 6.92 Å². The van der Waals surface area contributed by atoms with E-state index in [4.69, 9.17) is 9.84 Å². The van der Waals surface area contributed by atoms with Crippen LogP contribution in [-0.2, 0) is 4.74 Å². The first-order valence-corrected chi connectivity index (χ1v) is 4.24. The topological polar surface area (TPSA) is 32.7 Å². The minimum Gasteiger partial charge on any atom is -0.394 e. The Morgan fingerprint density at radius 2 is 2.18 bits per heavy atom. The summed E-state index contributed by atoms with van der Waals surface area (Å²) in [7, 11) is 0. The second kappa shape index (κ2) is 4.70. The lowest BCUT2D eigenvalue weighted by atomic mass is 10.0. The van der Waals surface area contributed by atoms with E-state index in [1.54, 1.807) is 0 Å². The van der Waals surface area contributed by atoms with E-state index in [0.29, 0.717) is 6.61 Å². The van der Waals surface area contributed by atoms with E-state index in [0.717, 1.165) is 19.1 Å². The average molecular weight is 159 g/mol. The molecular formula is C8H17NO2. The fourth-order valence-electron chi connectivity index (χ4n) is 1.37. The quantitative estimate of drug-likeness (QED) is 0.571. The zero-order valence-corrected chi connectivity index (χ0v) is 7.12. The average Bonchev–Trinajstić information content (AvgIpc) is 1.94. The predicted molar refractivity (Wildman–Crippen MR) is 43.5 cm³/mol. The molecule has 0 bridgehead atoms. The normalized spacial score (nSPS) is 20.2. The van der Waals surface area contributed by atoms with Crippen LogP contribution in [0.3, 0.4) is 0 Å². The molecule has 0 radical (unpaired) electrons. The first-order chi connectivity index (χ1) is 5.33. The number of hydrogen-bond acceptors (Lipinski definition) is 3. The summed E-state index contributed by atoms with van der Waals surface area (Å²) in [5.74, 6) is 0.868. The van der Waals surface area contributed by atoms with E-state index in [-0.39, 0.29) is 6.61 Å². The summed E-state index contributed by atoms with van der Waals surface area (Å²) < 4.78 is 5.13. The minimum absolute atomic E-state index is 0.135. The van der Waals surface area contributed by atoms with Crippen LogP contribution in [0.1, 0.15) is 6.92 Å². The molecule has 0 unspecified atom stereocenters. The minimum atomic E-state index is 0.135. The maximum atomic E-state index is 8.41. The Kier molecular flexibility index (Phi) is 3.83. The monoisotopic (exact) mass is 159 g/mol. The van der Waals surface area contributed by atoms with Crippen LogP contribution >= 0.6 is 0 Å². The first-order valence-electron chi connectivity index (χ1n) is 4.24. The van der Waals surface area contributed by atoms with Crippen molar-refractivity contribution >= 4 is 0 Å². The molecule has 11 heavy (non-hydrogen) atoms. The Hall–Kier alpha value is -0.120. The molecule has 0 aliphatic carbocycles. The summed E-state index contributed by atoms with van der Waals surface area (Å²) in [4.78, 5) is 2.36. The number of nitrogens with zero attached hydrogens (tertiary/aromatic N) is 1. The van der Waals surface area contributed by atoms with Crippen molar-refractivity contribution in [3.8, 4) is 0 Å². The standard InChI is InChI=1S/C8H17NO2/c1-8-6-9(7-8)2-4-11-5-3-10/h8,10H,2-7H2,1H3. The number of aliphatic hydroxyl groups excluding tert-OH is 1. The van der Waals surface area contributed by atoms with Crippen molar-refractivity contribution in [1.82, 2.24) is 4.90 Å². The molecule has 0 aromatic heterocycles. The van der Waals surface area contributed by atoms with Crippen molar-refractivity contribution in [3.05, 3.63) is 0 Å². The number of hydrogen-bond donors (Lipinski definition) is 1. The Balaban J connectivity index is 1.81. The Bertz CT molecular complexity index is 102. The highest BCUT2D eigenvalue weighted by molar-refractivity contribution is 4.75. The van der Waals surface area contributed by atoms with Crippen LogP contribution in [0.5, 0.6) is 0 Å². The second-order valence-corrected chi connectivity index (χ2v) is 3.20. The molecule has 1 aliphatic rings. The van der Waals surface area contributed by atoms with E-state index < -0.39 is 0 Å². The van der Waals surface area contributed by atoms with Gasteiger partial charge in [0, 0.05) is 19.6 Å². The van der Waals surface area contributed by atoms with Gasteiger partial charge in [0.2, 0.25) is 0 Å². The van der Waals surface area contributed by atoms with Gasteiger partial charge in [0.05, 0.1) is 19.8 Å². The predicted octanol–water partition coefficient (Wildman–Crippen LogP) is -0.0530. The maximum Gasteiger partial charge on any atom is 0.0698 e. The number of rotatable bonds is 5. The van der Waals surface area contributed by atoms with E-state index in [1.807, 2.05) is 0 Å². The first kappa shape index (κ1) is 8.97. The van der Waals surface area contributed by atoms with Crippen LogP contribution < -0.4 is 0 Å². The van der Waals surface area contributed by atoms with Crippen LogP contribution in [0.2, 0.25) is 0 Å². The molecule has 0 aromatic rings. The van der Waals surface area contributed by atoms with Crippen LogP contribution in [0.15, 0.2) is 0 Å². The van der Waals surface area contributed by atoms with Gasteiger partial charge in [-0.25, -0.2) is 0 Å². The van der Waals surface area contributed by atoms with Gasteiger partial charge in [-0.15, -0.1) is 0 Å². The van der Waals surface area contributed by atoms with Crippen LogP contribution in [0.25, 0.3) is 0 Å². The van der Waals surface area contributed by atoms with Crippen molar-refractivity contribution in [3.63, 3.8) is 0 Å². The maximum absolute atomic E-state index is 8.41. The molecule has 0 spiro atoms. The van der Waals surface area contributed by atoms with Gasteiger partial charge in [-0.05, 0) is 5.92 Å². The molecule has 3 heteroatoms. The number of ether oxygens (including phenoxy) is 1. The second-order valence-electron chi connectivity index (χ2n) is 3.20. The number of likely N-dealkylation sites (tertiary alicyclic amines) is 1. The van der Waals surface area contributed by atoms with Crippen LogP contribution in [-0.4, -0.2) is 49.5 Å². The van der Waals surface area contributed by atoms with Crippen molar-refractivity contribution in [2.75, 3.05) is 39.5 Å². The molecule has 1 heterocycles. The lowest BCUT2D eigenvalue weighted by Gasteiger charge is -2.36. The fourth-order valence-corrected chi connectivity index (χ4v) is 1.37. The molecule has 0 saturated carbocycles. The molecule has 66 valence electrons. The summed E-state index contributed by atoms with van der Waals surface area (Å²) >= 11 is 0. The summed E-state index contributed by atoms with van der Waals surface area (Å²) in [6.07, 6.45) is 0. The Morgan fingerprint density at radius 1 is 1.45 bits per heavy atom. The molecule has 0 atom stereocenters. The highest BCUT2D eigenvalue weighted by Gasteiger charge is 2.21. The molecule has 1 rings (SSSR count). The lowest BCUT2D eigenvalue weighted by molar-refractivity contribution is 0.0408. The van der Waals surface area contributed by atoms with Gasteiger partial charge in [0.25, 0.3) is 0 Å². The highest BCUT2D eigenvalue weighted by Crippen LogP contribution is 2.12. The smallest absolute Gasteiger partial charge is 0.0698 e. The van der Waals surface area contributed by atoms with Crippen molar-refractivity contribution in [1.29, 1.82) is 0 Å². The molecule has 0 aromatic carbocycles. The third-order valence-electron chi connectivity index (χ3n) is 1.93. The summed E-state index contributed by atoms with van der Waals surface area (Å²) in [6, 6.07) is 0. The van der Waals surface area contributed by atoms with Gasteiger partial charge >= 0.3 is 0 Å². The zero-order chi connectivity index (χ0) is 8.10. The van der Waals surface area contributed by atoms with Crippen molar-refractivity contribution in [2.24, 2.45) is 5.92 Å². The third kappa shape index (κ3) is 3.18. The number of aliphatic hydroxyl groups is 1. The molecular weight excluding hydrogens is 142 g/mol. The van der Waals surface area contributed by atoms with E-state index in [2.05, 4.69) is 11.8 Å². The Labute approximate surface area is 68.0 Å². The molecule has 1 aliphatic heterocycles. The third-order valence-corrected chi connectivity index (χ3v) is 1.93. The molecule has 1 saturated heterocycles.